The zero-order chi connectivity index (χ0) is 15.8. The molecule has 0 aliphatic heterocycles. The van der Waals surface area contributed by atoms with Gasteiger partial charge < -0.3 is 4.42 Å². The molecule has 116 valence electrons. The fraction of sp³-hybridized carbons (Fsp3) is 0.222. The van der Waals surface area contributed by atoms with Crippen LogP contribution in [0.2, 0.25) is 5.02 Å². The normalized spacial score (nSPS) is 17.0. The van der Waals surface area contributed by atoms with Crippen LogP contribution >= 0.6 is 11.6 Å². The van der Waals surface area contributed by atoms with Crippen LogP contribution in [0.4, 0.5) is 4.39 Å². The van der Waals surface area contributed by atoms with Gasteiger partial charge in [0, 0.05) is 19.0 Å². The Morgan fingerprint density at radius 2 is 2.13 bits per heavy atom. The van der Waals surface area contributed by atoms with E-state index in [4.69, 9.17) is 16.0 Å². The van der Waals surface area contributed by atoms with Crippen molar-refractivity contribution in [3.05, 3.63) is 70.5 Å². The van der Waals surface area contributed by atoms with Crippen molar-refractivity contribution in [3.8, 4) is 11.6 Å². The van der Waals surface area contributed by atoms with Crippen LogP contribution in [-0.2, 0) is 12.8 Å². The molecule has 0 saturated carbocycles. The van der Waals surface area contributed by atoms with E-state index in [0.29, 0.717) is 5.89 Å². The molecule has 3 nitrogen and oxygen atoms in total. The maximum absolute atomic E-state index is 13.3. The van der Waals surface area contributed by atoms with Gasteiger partial charge in [0.25, 0.3) is 0 Å². The van der Waals surface area contributed by atoms with E-state index in [1.807, 2.05) is 18.2 Å². The van der Waals surface area contributed by atoms with Crippen molar-refractivity contribution in [1.82, 2.24) is 9.97 Å². The highest BCUT2D eigenvalue weighted by Crippen LogP contribution is 2.35. The van der Waals surface area contributed by atoms with Crippen LogP contribution in [0.5, 0.6) is 0 Å². The van der Waals surface area contributed by atoms with Crippen LogP contribution in [-0.4, -0.2) is 9.97 Å². The minimum Gasteiger partial charge on any atom is -0.440 e. The molecule has 23 heavy (non-hydrogen) atoms. The summed E-state index contributed by atoms with van der Waals surface area (Å²) in [5, 5.41) is 0.169. The Hall–Kier alpha value is -2.20. The van der Waals surface area contributed by atoms with Crippen molar-refractivity contribution < 1.29 is 8.81 Å². The molecule has 1 aliphatic rings. The van der Waals surface area contributed by atoms with E-state index in [1.54, 1.807) is 18.3 Å². The van der Waals surface area contributed by atoms with Crippen molar-refractivity contribution in [2.75, 3.05) is 0 Å². The summed E-state index contributed by atoms with van der Waals surface area (Å²) >= 11 is 5.90. The molecule has 0 bridgehead atoms. The number of aromatic nitrogens is 2. The van der Waals surface area contributed by atoms with Gasteiger partial charge in [-0.25, -0.2) is 9.37 Å². The largest absolute Gasteiger partial charge is 0.440 e. The third kappa shape index (κ3) is 2.75. The molecule has 0 saturated heterocycles. The predicted molar refractivity (Wildman–Crippen MR) is 85.9 cm³/mol. The maximum Gasteiger partial charge on any atom is 0.245 e. The van der Waals surface area contributed by atoms with Gasteiger partial charge in [0.1, 0.15) is 17.3 Å². The summed E-state index contributed by atoms with van der Waals surface area (Å²) in [5.41, 5.74) is 2.75. The first-order chi connectivity index (χ1) is 11.2. The number of fused-ring (bicyclic) bond motifs is 1. The van der Waals surface area contributed by atoms with Gasteiger partial charge >= 0.3 is 0 Å². The summed E-state index contributed by atoms with van der Waals surface area (Å²) in [6, 6.07) is 10.6. The minimum atomic E-state index is -0.384. The number of oxazole rings is 1. The molecular weight excluding hydrogens is 315 g/mol. The Labute approximate surface area is 138 Å². The van der Waals surface area contributed by atoms with Gasteiger partial charge in [0.05, 0.1) is 10.7 Å². The molecule has 0 radical (unpaired) electrons. The van der Waals surface area contributed by atoms with Crippen LogP contribution in [0, 0.1) is 5.82 Å². The number of pyridine rings is 1. The molecule has 5 heteroatoms. The quantitative estimate of drug-likeness (QED) is 0.678. The standard InChI is InChI=1S/C18H14ClFN2O/c19-13-9-11(4-6-14(13)20)12-5-7-17-16(10-12)22-18(23-17)15-3-1-2-8-21-15/h1-4,6,8-9,12H,5,7,10H2. The molecule has 0 spiro atoms. The molecule has 1 atom stereocenters. The average Bonchev–Trinajstić information content (AvgIpc) is 3.01. The lowest BCUT2D eigenvalue weighted by Gasteiger charge is -2.20. The highest BCUT2D eigenvalue weighted by atomic mass is 35.5. The molecule has 1 aliphatic carbocycles. The van der Waals surface area contributed by atoms with E-state index in [9.17, 15) is 4.39 Å². The number of halogens is 2. The second-order valence-electron chi connectivity index (χ2n) is 5.72. The molecule has 2 heterocycles. The lowest BCUT2D eigenvalue weighted by Crippen LogP contribution is -2.12. The Morgan fingerprint density at radius 3 is 2.91 bits per heavy atom. The van der Waals surface area contributed by atoms with Crippen molar-refractivity contribution in [2.45, 2.75) is 25.2 Å². The first kappa shape index (κ1) is 14.4. The first-order valence-corrected chi connectivity index (χ1v) is 7.93. The van der Waals surface area contributed by atoms with Crippen LogP contribution in [0.15, 0.2) is 47.0 Å². The number of aryl methyl sites for hydroxylation is 1. The molecule has 2 aromatic heterocycles. The highest BCUT2D eigenvalue weighted by Gasteiger charge is 2.26. The first-order valence-electron chi connectivity index (χ1n) is 7.55. The molecule has 0 amide bonds. The van der Waals surface area contributed by atoms with Gasteiger partial charge in [-0.05, 0) is 42.2 Å². The summed E-state index contributed by atoms with van der Waals surface area (Å²) in [6.45, 7) is 0. The molecule has 0 fully saturated rings. The third-order valence-corrected chi connectivity index (χ3v) is 4.53. The monoisotopic (exact) mass is 328 g/mol. The molecule has 1 aromatic carbocycles. The number of benzene rings is 1. The molecular formula is C18H14ClFN2O. The lowest BCUT2D eigenvalue weighted by molar-refractivity contribution is 0.464. The van der Waals surface area contributed by atoms with Gasteiger partial charge in [-0.3, -0.25) is 4.98 Å². The summed E-state index contributed by atoms with van der Waals surface area (Å²) in [7, 11) is 0. The Bertz CT molecular complexity index is 847. The van der Waals surface area contributed by atoms with Crippen molar-refractivity contribution in [3.63, 3.8) is 0 Å². The van der Waals surface area contributed by atoms with Crippen LogP contribution in [0.1, 0.15) is 29.4 Å². The van der Waals surface area contributed by atoms with Gasteiger partial charge in [-0.15, -0.1) is 0 Å². The zero-order valence-corrected chi connectivity index (χ0v) is 13.1. The summed E-state index contributed by atoms with van der Waals surface area (Å²) in [5.74, 6) is 1.39. The lowest BCUT2D eigenvalue weighted by atomic mass is 9.85. The van der Waals surface area contributed by atoms with E-state index < -0.39 is 0 Å². The fourth-order valence-corrected chi connectivity index (χ4v) is 3.22. The van der Waals surface area contributed by atoms with Gasteiger partial charge in [-0.1, -0.05) is 23.7 Å². The number of hydrogen-bond donors (Lipinski definition) is 0. The highest BCUT2D eigenvalue weighted by molar-refractivity contribution is 6.30. The smallest absolute Gasteiger partial charge is 0.245 e. The number of hydrogen-bond acceptors (Lipinski definition) is 3. The number of nitrogens with zero attached hydrogens (tertiary/aromatic N) is 2. The van der Waals surface area contributed by atoms with E-state index in [-0.39, 0.29) is 16.8 Å². The van der Waals surface area contributed by atoms with E-state index in [2.05, 4.69) is 9.97 Å². The fourth-order valence-electron chi connectivity index (χ4n) is 3.03. The third-order valence-electron chi connectivity index (χ3n) is 4.24. The molecule has 4 rings (SSSR count). The maximum atomic E-state index is 13.3. The predicted octanol–water partition coefficient (Wildman–Crippen LogP) is 4.80. The second kappa shape index (κ2) is 5.78. The van der Waals surface area contributed by atoms with Gasteiger partial charge in [0.2, 0.25) is 5.89 Å². The second-order valence-corrected chi connectivity index (χ2v) is 6.12. The van der Waals surface area contributed by atoms with Crippen molar-refractivity contribution >= 4 is 11.6 Å². The molecule has 0 N–H and O–H groups in total. The van der Waals surface area contributed by atoms with E-state index in [1.165, 1.54) is 6.07 Å². The van der Waals surface area contributed by atoms with Crippen molar-refractivity contribution in [2.24, 2.45) is 0 Å². The summed E-state index contributed by atoms with van der Waals surface area (Å²) < 4.78 is 19.2. The van der Waals surface area contributed by atoms with Crippen LogP contribution in [0.3, 0.4) is 0 Å². The van der Waals surface area contributed by atoms with Crippen molar-refractivity contribution in [1.29, 1.82) is 0 Å². The van der Waals surface area contributed by atoms with Crippen LogP contribution in [0.25, 0.3) is 11.6 Å². The topological polar surface area (TPSA) is 38.9 Å². The SMILES string of the molecule is Fc1ccc(C2CCc3oc(-c4ccccn4)nc3C2)cc1Cl. The minimum absolute atomic E-state index is 0.169. The zero-order valence-electron chi connectivity index (χ0n) is 12.3. The van der Waals surface area contributed by atoms with Gasteiger partial charge in [-0.2, -0.15) is 0 Å². The summed E-state index contributed by atoms with van der Waals surface area (Å²) in [4.78, 5) is 8.88. The Balaban J connectivity index is 1.62. The van der Waals surface area contributed by atoms with Crippen LogP contribution < -0.4 is 0 Å². The average molecular weight is 329 g/mol. The van der Waals surface area contributed by atoms with E-state index in [0.717, 1.165) is 42.0 Å². The Morgan fingerprint density at radius 1 is 1.22 bits per heavy atom. The number of rotatable bonds is 2. The molecule has 1 unspecified atom stereocenters. The summed E-state index contributed by atoms with van der Waals surface area (Å²) in [6.07, 6.45) is 4.25. The van der Waals surface area contributed by atoms with E-state index >= 15 is 0 Å². The Kier molecular flexibility index (Phi) is 3.62. The van der Waals surface area contributed by atoms with Gasteiger partial charge in [0.15, 0.2) is 0 Å². The molecule has 3 aromatic rings.